The Bertz CT molecular complexity index is 210. The highest BCUT2D eigenvalue weighted by Crippen LogP contribution is 2.31. The number of hydrogen-bond donors (Lipinski definition) is 0. The highest BCUT2D eigenvalue weighted by Gasteiger charge is 2.23. The summed E-state index contributed by atoms with van der Waals surface area (Å²) in [4.78, 5) is 13.5. The minimum atomic E-state index is -0.0471. The second kappa shape index (κ2) is 6.89. The van der Waals surface area contributed by atoms with Crippen LogP contribution in [-0.2, 0) is 9.53 Å². The number of carbonyl (C=O) groups is 1. The van der Waals surface area contributed by atoms with E-state index in [2.05, 4.69) is 18.9 Å². The minimum Gasteiger partial charge on any atom is -0.469 e. The first kappa shape index (κ1) is 13.5. The predicted molar refractivity (Wildman–Crippen MR) is 65.3 cm³/mol. The standard InChI is InChI=1S/C13H25NO2/c1-4-14(2)10-12-7-5-11(6-8-12)9-13(15)16-3/h11-12H,4-10H2,1-3H3/t11-,12-. The molecule has 0 heterocycles. The Morgan fingerprint density at radius 2 is 1.81 bits per heavy atom. The van der Waals surface area contributed by atoms with Gasteiger partial charge in [-0.05, 0) is 51.1 Å². The Labute approximate surface area is 99.1 Å². The van der Waals surface area contributed by atoms with Gasteiger partial charge in [0.05, 0.1) is 7.11 Å². The van der Waals surface area contributed by atoms with Crippen molar-refractivity contribution in [2.75, 3.05) is 27.2 Å². The summed E-state index contributed by atoms with van der Waals surface area (Å²) in [6.07, 6.45) is 5.54. The lowest BCUT2D eigenvalue weighted by Gasteiger charge is -2.30. The molecule has 0 amide bonds. The van der Waals surface area contributed by atoms with Gasteiger partial charge in [-0.3, -0.25) is 4.79 Å². The largest absolute Gasteiger partial charge is 0.469 e. The van der Waals surface area contributed by atoms with Gasteiger partial charge < -0.3 is 9.64 Å². The van der Waals surface area contributed by atoms with Crippen LogP contribution < -0.4 is 0 Å². The van der Waals surface area contributed by atoms with Crippen LogP contribution in [0.2, 0.25) is 0 Å². The molecule has 0 aromatic rings. The van der Waals surface area contributed by atoms with Gasteiger partial charge in [0.1, 0.15) is 0 Å². The molecule has 16 heavy (non-hydrogen) atoms. The van der Waals surface area contributed by atoms with E-state index in [-0.39, 0.29) is 5.97 Å². The average Bonchev–Trinajstić information content (AvgIpc) is 2.31. The van der Waals surface area contributed by atoms with Crippen LogP contribution in [0, 0.1) is 11.8 Å². The second-order valence-electron chi connectivity index (χ2n) is 5.02. The maximum atomic E-state index is 11.2. The molecule has 1 aliphatic carbocycles. The summed E-state index contributed by atoms with van der Waals surface area (Å²) in [5.74, 6) is 1.35. The fourth-order valence-electron chi connectivity index (χ4n) is 2.51. The lowest BCUT2D eigenvalue weighted by atomic mass is 9.80. The van der Waals surface area contributed by atoms with Crippen LogP contribution in [0.1, 0.15) is 39.0 Å². The van der Waals surface area contributed by atoms with Gasteiger partial charge in [0.15, 0.2) is 0 Å². The third-order valence-electron chi connectivity index (χ3n) is 3.76. The first-order valence-electron chi connectivity index (χ1n) is 6.41. The Kier molecular flexibility index (Phi) is 5.81. The fourth-order valence-corrected chi connectivity index (χ4v) is 2.51. The van der Waals surface area contributed by atoms with Crippen LogP contribution >= 0.6 is 0 Å². The van der Waals surface area contributed by atoms with Crippen molar-refractivity contribution >= 4 is 5.97 Å². The number of methoxy groups -OCH3 is 1. The van der Waals surface area contributed by atoms with Gasteiger partial charge in [-0.1, -0.05) is 6.92 Å². The molecule has 0 saturated heterocycles. The monoisotopic (exact) mass is 227 g/mol. The van der Waals surface area contributed by atoms with Gasteiger partial charge >= 0.3 is 5.97 Å². The fraction of sp³-hybridized carbons (Fsp3) is 0.923. The third-order valence-corrected chi connectivity index (χ3v) is 3.76. The zero-order valence-corrected chi connectivity index (χ0v) is 10.9. The van der Waals surface area contributed by atoms with Gasteiger partial charge in [0.25, 0.3) is 0 Å². The third kappa shape index (κ3) is 4.52. The highest BCUT2D eigenvalue weighted by atomic mass is 16.5. The highest BCUT2D eigenvalue weighted by molar-refractivity contribution is 5.69. The molecule has 94 valence electrons. The van der Waals surface area contributed by atoms with Gasteiger partial charge in [-0.15, -0.1) is 0 Å². The van der Waals surface area contributed by atoms with E-state index in [0.29, 0.717) is 12.3 Å². The smallest absolute Gasteiger partial charge is 0.305 e. The van der Waals surface area contributed by atoms with Crippen molar-refractivity contribution in [1.82, 2.24) is 4.90 Å². The first-order chi connectivity index (χ1) is 7.65. The molecular weight excluding hydrogens is 202 g/mol. The number of nitrogens with zero attached hydrogens (tertiary/aromatic N) is 1. The minimum absolute atomic E-state index is 0.0471. The van der Waals surface area contributed by atoms with Crippen LogP contribution in [0.5, 0.6) is 0 Å². The van der Waals surface area contributed by atoms with Crippen molar-refractivity contribution in [2.45, 2.75) is 39.0 Å². The SMILES string of the molecule is CCN(C)C[C@H]1CC[C@H](CC(=O)OC)CC1. The normalized spacial score (nSPS) is 25.8. The number of rotatable bonds is 5. The summed E-state index contributed by atoms with van der Waals surface area (Å²) in [6.45, 7) is 4.53. The molecule has 1 fully saturated rings. The van der Waals surface area contributed by atoms with Crippen molar-refractivity contribution in [2.24, 2.45) is 11.8 Å². The molecule has 0 unspecified atom stereocenters. The van der Waals surface area contributed by atoms with E-state index in [1.54, 1.807) is 0 Å². The van der Waals surface area contributed by atoms with Gasteiger partial charge in [0.2, 0.25) is 0 Å². The lowest BCUT2D eigenvalue weighted by molar-refractivity contribution is -0.142. The van der Waals surface area contributed by atoms with Crippen LogP contribution in [0.25, 0.3) is 0 Å². The summed E-state index contributed by atoms with van der Waals surface area (Å²) in [6, 6.07) is 0. The van der Waals surface area contributed by atoms with Crippen molar-refractivity contribution in [3.05, 3.63) is 0 Å². The summed E-state index contributed by atoms with van der Waals surface area (Å²) in [5.41, 5.74) is 0. The van der Waals surface area contributed by atoms with Crippen molar-refractivity contribution in [1.29, 1.82) is 0 Å². The van der Waals surface area contributed by atoms with Crippen molar-refractivity contribution in [3.8, 4) is 0 Å². The van der Waals surface area contributed by atoms with Crippen LogP contribution in [-0.4, -0.2) is 38.1 Å². The number of hydrogen-bond acceptors (Lipinski definition) is 3. The second-order valence-corrected chi connectivity index (χ2v) is 5.02. The molecule has 1 aliphatic rings. The Balaban J connectivity index is 2.20. The lowest BCUT2D eigenvalue weighted by Crippen LogP contribution is -2.28. The zero-order chi connectivity index (χ0) is 12.0. The molecule has 0 aromatic heterocycles. The molecule has 0 spiro atoms. The van der Waals surface area contributed by atoms with E-state index < -0.39 is 0 Å². The van der Waals surface area contributed by atoms with Gasteiger partial charge in [0, 0.05) is 13.0 Å². The molecule has 1 rings (SSSR count). The summed E-state index contributed by atoms with van der Waals surface area (Å²) < 4.78 is 4.71. The molecule has 0 N–H and O–H groups in total. The molecule has 1 saturated carbocycles. The van der Waals surface area contributed by atoms with E-state index in [4.69, 9.17) is 4.74 Å². The van der Waals surface area contributed by atoms with Crippen molar-refractivity contribution < 1.29 is 9.53 Å². The molecule has 0 aromatic carbocycles. The maximum Gasteiger partial charge on any atom is 0.305 e. The van der Waals surface area contributed by atoms with Crippen LogP contribution in [0.3, 0.4) is 0 Å². The first-order valence-corrected chi connectivity index (χ1v) is 6.41. The molecule has 0 bridgehead atoms. The number of carbonyl (C=O) groups excluding carboxylic acids is 1. The number of esters is 1. The molecule has 0 radical (unpaired) electrons. The summed E-state index contributed by atoms with van der Waals surface area (Å²) in [5, 5.41) is 0. The van der Waals surface area contributed by atoms with Crippen LogP contribution in [0.15, 0.2) is 0 Å². The zero-order valence-electron chi connectivity index (χ0n) is 10.9. The molecule has 3 nitrogen and oxygen atoms in total. The van der Waals surface area contributed by atoms with Crippen LogP contribution in [0.4, 0.5) is 0 Å². The maximum absolute atomic E-state index is 11.2. The summed E-state index contributed by atoms with van der Waals surface area (Å²) in [7, 11) is 3.66. The van der Waals surface area contributed by atoms with Crippen molar-refractivity contribution in [3.63, 3.8) is 0 Å². The number of ether oxygens (including phenoxy) is 1. The summed E-state index contributed by atoms with van der Waals surface area (Å²) >= 11 is 0. The quantitative estimate of drug-likeness (QED) is 0.675. The molecule has 0 aliphatic heterocycles. The van der Waals surface area contributed by atoms with E-state index >= 15 is 0 Å². The predicted octanol–water partition coefficient (Wildman–Crippen LogP) is 2.31. The van der Waals surface area contributed by atoms with Gasteiger partial charge in [-0.25, -0.2) is 0 Å². The Hall–Kier alpha value is -0.570. The van der Waals surface area contributed by atoms with E-state index in [1.165, 1.54) is 39.3 Å². The van der Waals surface area contributed by atoms with E-state index in [1.807, 2.05) is 0 Å². The topological polar surface area (TPSA) is 29.5 Å². The Morgan fingerprint density at radius 1 is 1.25 bits per heavy atom. The van der Waals surface area contributed by atoms with E-state index in [9.17, 15) is 4.79 Å². The van der Waals surface area contributed by atoms with Gasteiger partial charge in [-0.2, -0.15) is 0 Å². The molecule has 3 heteroatoms. The average molecular weight is 227 g/mol. The van der Waals surface area contributed by atoms with E-state index in [0.717, 1.165) is 12.5 Å². The Morgan fingerprint density at radius 3 is 2.31 bits per heavy atom. The molecule has 0 atom stereocenters. The molecular formula is C13H25NO2.